The van der Waals surface area contributed by atoms with Crippen LogP contribution in [-0.4, -0.2) is 48.7 Å². The molecule has 0 aromatic carbocycles. The van der Waals surface area contributed by atoms with Gasteiger partial charge in [-0.05, 0) is 33.1 Å². The molecule has 4 nitrogen and oxygen atoms in total. The summed E-state index contributed by atoms with van der Waals surface area (Å²) in [7, 11) is 0. The topological polar surface area (TPSA) is 41.6 Å². The predicted molar refractivity (Wildman–Crippen MR) is 69.5 cm³/mol. The Kier molecular flexibility index (Phi) is 5.70. The van der Waals surface area contributed by atoms with Crippen molar-refractivity contribution in [1.29, 1.82) is 0 Å². The van der Waals surface area contributed by atoms with Crippen LogP contribution in [-0.2, 0) is 9.53 Å². The van der Waals surface area contributed by atoms with Crippen LogP contribution < -0.4 is 5.32 Å². The Balaban J connectivity index is 0.00000144. The van der Waals surface area contributed by atoms with Gasteiger partial charge in [0.25, 0.3) is 5.91 Å². The molecule has 0 spiro atoms. The van der Waals surface area contributed by atoms with Crippen molar-refractivity contribution in [1.82, 2.24) is 10.2 Å². The van der Waals surface area contributed by atoms with Crippen molar-refractivity contribution in [2.24, 2.45) is 0 Å². The maximum atomic E-state index is 12.3. The van der Waals surface area contributed by atoms with Gasteiger partial charge >= 0.3 is 0 Å². The lowest BCUT2D eigenvalue weighted by Gasteiger charge is -2.42. The number of halogens is 1. The highest BCUT2D eigenvalue weighted by molar-refractivity contribution is 5.85. The van der Waals surface area contributed by atoms with Crippen molar-refractivity contribution in [2.45, 2.75) is 51.3 Å². The molecule has 2 aliphatic rings. The number of morpholine rings is 1. The van der Waals surface area contributed by atoms with E-state index in [1.165, 1.54) is 6.42 Å². The second-order valence-electron chi connectivity index (χ2n) is 4.99. The molecule has 1 heterocycles. The summed E-state index contributed by atoms with van der Waals surface area (Å²) in [5.41, 5.74) is 0. The fraction of sp³-hybridized carbons (Fsp3) is 0.917. The van der Waals surface area contributed by atoms with Crippen molar-refractivity contribution < 1.29 is 9.53 Å². The van der Waals surface area contributed by atoms with E-state index < -0.39 is 0 Å². The number of nitrogens with zero attached hydrogens (tertiary/aromatic N) is 1. The molecule has 0 bridgehead atoms. The summed E-state index contributed by atoms with van der Waals surface area (Å²) in [5.74, 6) is 0.173. The Morgan fingerprint density at radius 3 is 2.53 bits per heavy atom. The van der Waals surface area contributed by atoms with Gasteiger partial charge < -0.3 is 15.0 Å². The molecule has 0 radical (unpaired) electrons. The summed E-state index contributed by atoms with van der Waals surface area (Å²) < 4.78 is 5.54. The van der Waals surface area contributed by atoms with Crippen molar-refractivity contribution in [3.63, 3.8) is 0 Å². The molecular formula is C12H23ClN2O2. The average molecular weight is 263 g/mol. The lowest BCUT2D eigenvalue weighted by Crippen LogP contribution is -2.56. The van der Waals surface area contributed by atoms with E-state index in [1.54, 1.807) is 0 Å². The maximum Gasteiger partial charge on any atom is 0.253 e. The first-order valence-electron chi connectivity index (χ1n) is 6.34. The van der Waals surface area contributed by atoms with Gasteiger partial charge in [0.05, 0.1) is 6.61 Å². The van der Waals surface area contributed by atoms with E-state index in [1.807, 2.05) is 4.90 Å². The standard InChI is InChI=1S/C12H22N2O2.ClH/c1-9(2)14(10-4-3-5-10)12(15)11-8-13-6-7-16-11;/h9-11,13H,3-8H2,1-2H3;1H. The van der Waals surface area contributed by atoms with Crippen molar-refractivity contribution in [3.8, 4) is 0 Å². The first-order chi connectivity index (χ1) is 7.70. The van der Waals surface area contributed by atoms with Gasteiger partial charge in [-0.3, -0.25) is 4.79 Å². The molecule has 2 rings (SSSR count). The van der Waals surface area contributed by atoms with Crippen LogP contribution in [0.25, 0.3) is 0 Å². The number of ether oxygens (including phenoxy) is 1. The van der Waals surface area contributed by atoms with Gasteiger partial charge in [-0.15, -0.1) is 12.4 Å². The molecule has 100 valence electrons. The van der Waals surface area contributed by atoms with Crippen LogP contribution in [0.15, 0.2) is 0 Å². The lowest BCUT2D eigenvalue weighted by atomic mass is 9.90. The highest BCUT2D eigenvalue weighted by atomic mass is 35.5. The second-order valence-corrected chi connectivity index (χ2v) is 4.99. The highest BCUT2D eigenvalue weighted by Gasteiger charge is 2.35. The second kappa shape index (κ2) is 6.57. The van der Waals surface area contributed by atoms with E-state index in [0.29, 0.717) is 19.2 Å². The molecule has 0 aromatic rings. The van der Waals surface area contributed by atoms with Crippen LogP contribution in [0.5, 0.6) is 0 Å². The summed E-state index contributed by atoms with van der Waals surface area (Å²) in [6.07, 6.45) is 3.30. The molecule has 1 aliphatic carbocycles. The Labute approximate surface area is 109 Å². The summed E-state index contributed by atoms with van der Waals surface area (Å²) >= 11 is 0. The van der Waals surface area contributed by atoms with Crippen LogP contribution in [0.4, 0.5) is 0 Å². The Bertz CT molecular complexity index is 251. The third-order valence-electron chi connectivity index (χ3n) is 3.48. The van der Waals surface area contributed by atoms with Crippen LogP contribution >= 0.6 is 12.4 Å². The minimum absolute atomic E-state index is 0. The minimum atomic E-state index is -0.267. The molecule has 2 fully saturated rings. The summed E-state index contributed by atoms with van der Waals surface area (Å²) in [5, 5.41) is 3.21. The fourth-order valence-electron chi connectivity index (χ4n) is 2.41. The van der Waals surface area contributed by atoms with Gasteiger partial charge in [0, 0.05) is 25.2 Å². The number of hydrogen-bond donors (Lipinski definition) is 1. The summed E-state index contributed by atoms with van der Waals surface area (Å²) in [6.45, 7) is 6.34. The van der Waals surface area contributed by atoms with E-state index in [4.69, 9.17) is 4.74 Å². The Morgan fingerprint density at radius 2 is 2.12 bits per heavy atom. The molecule has 1 aliphatic heterocycles. The number of carbonyl (C=O) groups excluding carboxylic acids is 1. The van der Waals surface area contributed by atoms with Crippen molar-refractivity contribution in [3.05, 3.63) is 0 Å². The first kappa shape index (κ1) is 14.7. The van der Waals surface area contributed by atoms with Crippen molar-refractivity contribution in [2.75, 3.05) is 19.7 Å². The molecule has 1 atom stereocenters. The molecule has 0 aromatic heterocycles. The molecule has 1 saturated carbocycles. The SMILES string of the molecule is CC(C)N(C(=O)C1CNCCO1)C1CCC1.Cl. The van der Waals surface area contributed by atoms with Crippen LogP contribution in [0.3, 0.4) is 0 Å². The third-order valence-corrected chi connectivity index (χ3v) is 3.48. The smallest absolute Gasteiger partial charge is 0.253 e. The van der Waals surface area contributed by atoms with E-state index in [9.17, 15) is 4.79 Å². The largest absolute Gasteiger partial charge is 0.366 e. The van der Waals surface area contributed by atoms with E-state index >= 15 is 0 Å². The zero-order valence-electron chi connectivity index (χ0n) is 10.6. The molecule has 1 unspecified atom stereocenters. The third kappa shape index (κ3) is 3.33. The molecule has 1 saturated heterocycles. The van der Waals surface area contributed by atoms with E-state index in [2.05, 4.69) is 19.2 Å². The van der Waals surface area contributed by atoms with Gasteiger partial charge in [-0.25, -0.2) is 0 Å². The van der Waals surface area contributed by atoms with Gasteiger partial charge in [0.1, 0.15) is 6.10 Å². The molecule has 1 N–H and O–H groups in total. The number of amides is 1. The molecule has 5 heteroatoms. The first-order valence-corrected chi connectivity index (χ1v) is 6.34. The average Bonchev–Trinajstić information content (AvgIpc) is 2.23. The minimum Gasteiger partial charge on any atom is -0.366 e. The predicted octanol–water partition coefficient (Wildman–Crippen LogP) is 1.19. The van der Waals surface area contributed by atoms with Gasteiger partial charge in [0.2, 0.25) is 0 Å². The van der Waals surface area contributed by atoms with Crippen LogP contribution in [0.1, 0.15) is 33.1 Å². The Morgan fingerprint density at radius 1 is 1.41 bits per heavy atom. The lowest BCUT2D eigenvalue weighted by molar-refractivity contribution is -0.151. The van der Waals surface area contributed by atoms with Crippen LogP contribution in [0.2, 0.25) is 0 Å². The normalized spacial score (nSPS) is 25.0. The van der Waals surface area contributed by atoms with Crippen molar-refractivity contribution >= 4 is 18.3 Å². The van der Waals surface area contributed by atoms with Gasteiger partial charge in [-0.1, -0.05) is 0 Å². The zero-order valence-corrected chi connectivity index (χ0v) is 11.5. The van der Waals surface area contributed by atoms with E-state index in [-0.39, 0.29) is 30.5 Å². The molecular weight excluding hydrogens is 240 g/mol. The summed E-state index contributed by atoms with van der Waals surface area (Å²) in [4.78, 5) is 14.4. The number of carbonyl (C=O) groups is 1. The van der Waals surface area contributed by atoms with E-state index in [0.717, 1.165) is 19.4 Å². The summed E-state index contributed by atoms with van der Waals surface area (Å²) in [6, 6.07) is 0.737. The molecule has 17 heavy (non-hydrogen) atoms. The quantitative estimate of drug-likeness (QED) is 0.831. The number of rotatable bonds is 3. The van der Waals surface area contributed by atoms with Crippen LogP contribution in [0, 0.1) is 0 Å². The number of nitrogens with one attached hydrogen (secondary N) is 1. The maximum absolute atomic E-state index is 12.3. The van der Waals surface area contributed by atoms with Gasteiger partial charge in [-0.2, -0.15) is 0 Å². The zero-order chi connectivity index (χ0) is 11.5. The highest BCUT2D eigenvalue weighted by Crippen LogP contribution is 2.27. The molecule has 1 amide bonds. The number of hydrogen-bond acceptors (Lipinski definition) is 3. The monoisotopic (exact) mass is 262 g/mol. The van der Waals surface area contributed by atoms with Gasteiger partial charge in [0.15, 0.2) is 0 Å². The Hall–Kier alpha value is -0.320. The fourth-order valence-corrected chi connectivity index (χ4v) is 2.41.